The maximum absolute atomic E-state index is 12.6. The molecule has 0 aliphatic rings. The number of hydrogen-bond donors (Lipinski definition) is 0. The van der Waals surface area contributed by atoms with Crippen LogP contribution in [0.2, 0.25) is 5.02 Å². The van der Waals surface area contributed by atoms with Gasteiger partial charge in [0, 0.05) is 16.1 Å². The van der Waals surface area contributed by atoms with E-state index in [0.29, 0.717) is 16.1 Å². The Bertz CT molecular complexity index is 654. The van der Waals surface area contributed by atoms with Crippen LogP contribution in [0, 0.1) is 6.92 Å². The average Bonchev–Trinajstić information content (AvgIpc) is 2.49. The zero-order valence-electron chi connectivity index (χ0n) is 13.0. The normalized spacial score (nSPS) is 11.5. The zero-order chi connectivity index (χ0) is 15.6. The monoisotopic (exact) mass is 300 g/mol. The molecule has 0 fully saturated rings. The molecule has 0 aromatic heterocycles. The second-order valence-electron chi connectivity index (χ2n) is 6.06. The SMILES string of the molecule is CCC(C)(C)c1ccc(C(=O)c2cccc(Cl)c2C)cc1. The molecule has 2 rings (SSSR count). The first-order chi connectivity index (χ1) is 9.86. The summed E-state index contributed by atoms with van der Waals surface area (Å²) in [4.78, 5) is 12.6. The number of hydrogen-bond acceptors (Lipinski definition) is 1. The molecule has 0 saturated carbocycles. The van der Waals surface area contributed by atoms with E-state index >= 15 is 0 Å². The Labute approximate surface area is 132 Å². The van der Waals surface area contributed by atoms with Crippen molar-refractivity contribution in [1.29, 1.82) is 0 Å². The Kier molecular flexibility index (Phi) is 4.53. The molecule has 2 aromatic carbocycles. The van der Waals surface area contributed by atoms with E-state index in [1.807, 2.05) is 31.2 Å². The lowest BCUT2D eigenvalue weighted by molar-refractivity contribution is 0.103. The molecule has 0 heterocycles. The van der Waals surface area contributed by atoms with E-state index in [1.54, 1.807) is 6.07 Å². The maximum Gasteiger partial charge on any atom is 0.193 e. The van der Waals surface area contributed by atoms with Crippen molar-refractivity contribution in [1.82, 2.24) is 0 Å². The van der Waals surface area contributed by atoms with Crippen molar-refractivity contribution in [3.05, 3.63) is 69.7 Å². The largest absolute Gasteiger partial charge is 0.289 e. The molecule has 0 aliphatic heterocycles. The standard InChI is InChI=1S/C19H21ClO/c1-5-19(3,4)15-11-9-14(10-12-15)18(21)16-7-6-8-17(20)13(16)2/h6-12H,5H2,1-4H3. The molecule has 0 saturated heterocycles. The smallest absolute Gasteiger partial charge is 0.193 e. The Morgan fingerprint density at radius 2 is 1.71 bits per heavy atom. The van der Waals surface area contributed by atoms with Crippen molar-refractivity contribution in [3.8, 4) is 0 Å². The van der Waals surface area contributed by atoms with E-state index < -0.39 is 0 Å². The van der Waals surface area contributed by atoms with E-state index in [2.05, 4.69) is 32.9 Å². The molecule has 1 nitrogen and oxygen atoms in total. The highest BCUT2D eigenvalue weighted by Crippen LogP contribution is 2.27. The van der Waals surface area contributed by atoms with Gasteiger partial charge in [0.05, 0.1) is 0 Å². The molecule has 0 atom stereocenters. The summed E-state index contributed by atoms with van der Waals surface area (Å²) in [5.74, 6) is 0.0239. The van der Waals surface area contributed by atoms with Crippen LogP contribution < -0.4 is 0 Å². The summed E-state index contributed by atoms with van der Waals surface area (Å²) in [6.07, 6.45) is 1.06. The van der Waals surface area contributed by atoms with Gasteiger partial charge in [-0.2, -0.15) is 0 Å². The number of benzene rings is 2. The molecule has 0 bridgehead atoms. The lowest BCUT2D eigenvalue weighted by Gasteiger charge is -2.23. The molecular weight excluding hydrogens is 280 g/mol. The number of halogens is 1. The van der Waals surface area contributed by atoms with Gasteiger partial charge in [-0.1, -0.05) is 68.8 Å². The molecular formula is C19H21ClO. The molecule has 110 valence electrons. The van der Waals surface area contributed by atoms with Gasteiger partial charge in [0.2, 0.25) is 0 Å². The fourth-order valence-corrected chi connectivity index (χ4v) is 2.46. The quantitative estimate of drug-likeness (QED) is 0.675. The highest BCUT2D eigenvalue weighted by Gasteiger charge is 2.19. The van der Waals surface area contributed by atoms with Gasteiger partial charge in [0.25, 0.3) is 0 Å². The van der Waals surface area contributed by atoms with Gasteiger partial charge in [-0.3, -0.25) is 4.79 Å². The molecule has 2 heteroatoms. The number of carbonyl (C=O) groups is 1. The molecule has 21 heavy (non-hydrogen) atoms. The third kappa shape index (κ3) is 3.19. The Morgan fingerprint density at radius 3 is 2.29 bits per heavy atom. The van der Waals surface area contributed by atoms with Crippen LogP contribution in [0.5, 0.6) is 0 Å². The summed E-state index contributed by atoms with van der Waals surface area (Å²) in [5, 5.41) is 0.629. The summed E-state index contributed by atoms with van der Waals surface area (Å²) < 4.78 is 0. The Hall–Kier alpha value is -1.60. The van der Waals surface area contributed by atoms with Gasteiger partial charge in [-0.05, 0) is 36.0 Å². The molecule has 0 radical (unpaired) electrons. The van der Waals surface area contributed by atoms with Crippen LogP contribution in [-0.2, 0) is 5.41 Å². The first kappa shape index (κ1) is 15.8. The topological polar surface area (TPSA) is 17.1 Å². The minimum atomic E-state index is 0.0239. The van der Waals surface area contributed by atoms with E-state index in [4.69, 9.17) is 11.6 Å². The highest BCUT2D eigenvalue weighted by molar-refractivity contribution is 6.32. The van der Waals surface area contributed by atoms with Crippen LogP contribution in [0.15, 0.2) is 42.5 Å². The molecule has 0 amide bonds. The third-order valence-electron chi connectivity index (χ3n) is 4.32. The lowest BCUT2D eigenvalue weighted by atomic mass is 9.82. The minimum absolute atomic E-state index is 0.0239. The maximum atomic E-state index is 12.6. The fourth-order valence-electron chi connectivity index (χ4n) is 2.29. The van der Waals surface area contributed by atoms with E-state index in [9.17, 15) is 4.79 Å². The van der Waals surface area contributed by atoms with Crippen molar-refractivity contribution in [2.24, 2.45) is 0 Å². The molecule has 0 aliphatic carbocycles. The Morgan fingerprint density at radius 1 is 1.10 bits per heavy atom. The second kappa shape index (κ2) is 6.03. The molecule has 0 N–H and O–H groups in total. The van der Waals surface area contributed by atoms with Crippen LogP contribution in [0.25, 0.3) is 0 Å². The van der Waals surface area contributed by atoms with Crippen molar-refractivity contribution in [2.45, 2.75) is 39.5 Å². The molecule has 2 aromatic rings. The van der Waals surface area contributed by atoms with Crippen LogP contribution in [0.1, 0.15) is 54.2 Å². The average molecular weight is 301 g/mol. The Balaban J connectivity index is 2.35. The van der Waals surface area contributed by atoms with Gasteiger partial charge in [-0.25, -0.2) is 0 Å². The number of carbonyl (C=O) groups excluding carboxylic acids is 1. The van der Waals surface area contributed by atoms with Gasteiger partial charge in [0.15, 0.2) is 5.78 Å². The predicted molar refractivity (Wildman–Crippen MR) is 89.4 cm³/mol. The van der Waals surface area contributed by atoms with Crippen molar-refractivity contribution in [2.75, 3.05) is 0 Å². The van der Waals surface area contributed by atoms with E-state index in [-0.39, 0.29) is 11.2 Å². The zero-order valence-corrected chi connectivity index (χ0v) is 13.8. The summed E-state index contributed by atoms with van der Waals surface area (Å²) in [5.41, 5.74) is 3.60. The number of rotatable bonds is 4. The van der Waals surface area contributed by atoms with Gasteiger partial charge >= 0.3 is 0 Å². The summed E-state index contributed by atoms with van der Waals surface area (Å²) in [6.45, 7) is 8.48. The first-order valence-electron chi connectivity index (χ1n) is 7.27. The highest BCUT2D eigenvalue weighted by atomic mass is 35.5. The van der Waals surface area contributed by atoms with E-state index in [0.717, 1.165) is 12.0 Å². The predicted octanol–water partition coefficient (Wildman–Crippen LogP) is 5.57. The molecule has 0 spiro atoms. The van der Waals surface area contributed by atoms with Crippen molar-refractivity contribution >= 4 is 17.4 Å². The van der Waals surface area contributed by atoms with Crippen LogP contribution in [0.3, 0.4) is 0 Å². The van der Waals surface area contributed by atoms with Crippen LogP contribution in [-0.4, -0.2) is 5.78 Å². The minimum Gasteiger partial charge on any atom is -0.289 e. The van der Waals surface area contributed by atoms with Crippen LogP contribution >= 0.6 is 11.6 Å². The summed E-state index contributed by atoms with van der Waals surface area (Å²) >= 11 is 6.10. The van der Waals surface area contributed by atoms with Crippen molar-refractivity contribution in [3.63, 3.8) is 0 Å². The summed E-state index contributed by atoms with van der Waals surface area (Å²) in [7, 11) is 0. The first-order valence-corrected chi connectivity index (χ1v) is 7.65. The van der Waals surface area contributed by atoms with Gasteiger partial charge < -0.3 is 0 Å². The third-order valence-corrected chi connectivity index (χ3v) is 4.73. The lowest BCUT2D eigenvalue weighted by Crippen LogP contribution is -2.15. The van der Waals surface area contributed by atoms with Gasteiger partial charge in [0.1, 0.15) is 0 Å². The second-order valence-corrected chi connectivity index (χ2v) is 6.46. The fraction of sp³-hybridized carbons (Fsp3) is 0.316. The molecule has 0 unspecified atom stereocenters. The van der Waals surface area contributed by atoms with E-state index in [1.165, 1.54) is 5.56 Å². The summed E-state index contributed by atoms with van der Waals surface area (Å²) in [6, 6.07) is 13.4. The van der Waals surface area contributed by atoms with Gasteiger partial charge in [-0.15, -0.1) is 0 Å². The number of ketones is 1. The van der Waals surface area contributed by atoms with Crippen molar-refractivity contribution < 1.29 is 4.79 Å². The van der Waals surface area contributed by atoms with Crippen LogP contribution in [0.4, 0.5) is 0 Å².